The predicted octanol–water partition coefficient (Wildman–Crippen LogP) is 0.650. The third-order valence-electron chi connectivity index (χ3n) is 2.66. The molecule has 1 aromatic rings. The van der Waals surface area contributed by atoms with E-state index in [1.54, 1.807) is 24.3 Å². The van der Waals surface area contributed by atoms with Gasteiger partial charge in [0.05, 0.1) is 0 Å². The SMILES string of the molecule is O=C(O)C1(C(=O)O)Cc2ccccc21. The largest absolute Gasteiger partial charge is 0.480 e. The zero-order valence-corrected chi connectivity index (χ0v) is 7.23. The first-order valence-electron chi connectivity index (χ1n) is 4.14. The summed E-state index contributed by atoms with van der Waals surface area (Å²) in [4.78, 5) is 21.9. The van der Waals surface area contributed by atoms with Crippen molar-refractivity contribution in [2.45, 2.75) is 11.8 Å². The van der Waals surface area contributed by atoms with Gasteiger partial charge in [-0.1, -0.05) is 24.3 Å². The van der Waals surface area contributed by atoms with Gasteiger partial charge in [0.25, 0.3) is 0 Å². The minimum atomic E-state index is -1.71. The topological polar surface area (TPSA) is 74.6 Å². The molecule has 4 heteroatoms. The van der Waals surface area contributed by atoms with Crippen LogP contribution in [0, 0.1) is 0 Å². The van der Waals surface area contributed by atoms with E-state index in [1.807, 2.05) is 0 Å². The number of hydrogen-bond donors (Lipinski definition) is 2. The Balaban J connectivity index is 2.56. The van der Waals surface area contributed by atoms with Crippen molar-refractivity contribution in [2.24, 2.45) is 0 Å². The lowest BCUT2D eigenvalue weighted by molar-refractivity contribution is -0.159. The molecule has 0 amide bonds. The lowest BCUT2D eigenvalue weighted by Gasteiger charge is -2.36. The Morgan fingerprint density at radius 1 is 1.14 bits per heavy atom. The molecule has 4 nitrogen and oxygen atoms in total. The molecule has 0 saturated carbocycles. The van der Waals surface area contributed by atoms with E-state index in [0.29, 0.717) is 5.56 Å². The van der Waals surface area contributed by atoms with Gasteiger partial charge in [-0.15, -0.1) is 0 Å². The van der Waals surface area contributed by atoms with Crippen LogP contribution >= 0.6 is 0 Å². The quantitative estimate of drug-likeness (QED) is 0.674. The second-order valence-electron chi connectivity index (χ2n) is 3.35. The van der Waals surface area contributed by atoms with Gasteiger partial charge in [0.1, 0.15) is 0 Å². The number of carboxylic acid groups (broad SMARTS) is 2. The summed E-state index contributed by atoms with van der Waals surface area (Å²) in [6.07, 6.45) is 0.0772. The summed E-state index contributed by atoms with van der Waals surface area (Å²) in [5.41, 5.74) is -0.506. The molecule has 2 N–H and O–H groups in total. The van der Waals surface area contributed by atoms with Crippen molar-refractivity contribution in [3.63, 3.8) is 0 Å². The molecule has 1 aliphatic rings. The van der Waals surface area contributed by atoms with Crippen molar-refractivity contribution in [1.29, 1.82) is 0 Å². The fourth-order valence-corrected chi connectivity index (χ4v) is 1.84. The summed E-state index contributed by atoms with van der Waals surface area (Å²) < 4.78 is 0. The highest BCUT2D eigenvalue weighted by Crippen LogP contribution is 2.41. The fraction of sp³-hybridized carbons (Fsp3) is 0.200. The van der Waals surface area contributed by atoms with Gasteiger partial charge in [-0.05, 0) is 11.1 Å². The minimum Gasteiger partial charge on any atom is -0.480 e. The molecule has 72 valence electrons. The van der Waals surface area contributed by atoms with Crippen LogP contribution in [0.5, 0.6) is 0 Å². The average molecular weight is 192 g/mol. The highest BCUT2D eigenvalue weighted by Gasteiger charge is 2.55. The molecule has 2 rings (SSSR count). The average Bonchev–Trinajstić information content (AvgIpc) is 2.06. The summed E-state index contributed by atoms with van der Waals surface area (Å²) in [7, 11) is 0. The van der Waals surface area contributed by atoms with E-state index in [4.69, 9.17) is 10.2 Å². The molecule has 0 atom stereocenters. The van der Waals surface area contributed by atoms with Crippen LogP contribution in [0.1, 0.15) is 11.1 Å². The van der Waals surface area contributed by atoms with Crippen molar-refractivity contribution in [3.05, 3.63) is 35.4 Å². The number of benzene rings is 1. The van der Waals surface area contributed by atoms with Gasteiger partial charge in [0, 0.05) is 6.42 Å². The maximum atomic E-state index is 10.9. The zero-order chi connectivity index (χ0) is 10.3. The van der Waals surface area contributed by atoms with Crippen LogP contribution in [0.2, 0.25) is 0 Å². The first-order valence-corrected chi connectivity index (χ1v) is 4.14. The number of fused-ring (bicyclic) bond motifs is 1. The van der Waals surface area contributed by atoms with Gasteiger partial charge in [0.15, 0.2) is 5.41 Å². The van der Waals surface area contributed by atoms with E-state index in [1.165, 1.54) is 0 Å². The summed E-state index contributed by atoms with van der Waals surface area (Å²) in [5, 5.41) is 17.8. The third kappa shape index (κ3) is 0.824. The molecular formula is C10H8O4. The van der Waals surface area contributed by atoms with E-state index < -0.39 is 17.4 Å². The smallest absolute Gasteiger partial charge is 0.325 e. The van der Waals surface area contributed by atoms with Crippen LogP contribution in [0.3, 0.4) is 0 Å². The summed E-state index contributed by atoms with van der Waals surface area (Å²) >= 11 is 0. The Hall–Kier alpha value is -1.84. The maximum absolute atomic E-state index is 10.9. The Morgan fingerprint density at radius 3 is 2.21 bits per heavy atom. The number of carboxylic acids is 2. The second-order valence-corrected chi connectivity index (χ2v) is 3.35. The summed E-state index contributed by atoms with van der Waals surface area (Å²) in [5.74, 6) is -2.58. The van der Waals surface area contributed by atoms with E-state index >= 15 is 0 Å². The van der Waals surface area contributed by atoms with Gasteiger partial charge < -0.3 is 10.2 Å². The molecule has 0 heterocycles. The van der Waals surface area contributed by atoms with Crippen molar-refractivity contribution < 1.29 is 19.8 Å². The van der Waals surface area contributed by atoms with Crippen molar-refractivity contribution in [2.75, 3.05) is 0 Å². The summed E-state index contributed by atoms with van der Waals surface area (Å²) in [6, 6.07) is 6.73. The molecular weight excluding hydrogens is 184 g/mol. The summed E-state index contributed by atoms with van der Waals surface area (Å²) in [6.45, 7) is 0. The van der Waals surface area contributed by atoms with Crippen LogP contribution in [-0.4, -0.2) is 22.2 Å². The van der Waals surface area contributed by atoms with E-state index in [-0.39, 0.29) is 6.42 Å². The highest BCUT2D eigenvalue weighted by molar-refractivity contribution is 6.07. The lowest BCUT2D eigenvalue weighted by atomic mass is 9.64. The first kappa shape index (κ1) is 8.74. The molecule has 1 aromatic carbocycles. The number of aliphatic carboxylic acids is 2. The van der Waals surface area contributed by atoms with Gasteiger partial charge in [0.2, 0.25) is 0 Å². The molecule has 0 spiro atoms. The number of rotatable bonds is 2. The molecule has 0 radical (unpaired) electrons. The number of carbonyl (C=O) groups is 2. The van der Waals surface area contributed by atoms with Crippen LogP contribution in [0.25, 0.3) is 0 Å². The molecule has 0 aliphatic heterocycles. The molecule has 14 heavy (non-hydrogen) atoms. The highest BCUT2D eigenvalue weighted by atomic mass is 16.4. The van der Waals surface area contributed by atoms with E-state index in [0.717, 1.165) is 5.56 Å². The van der Waals surface area contributed by atoms with Crippen LogP contribution in [-0.2, 0) is 21.4 Å². The van der Waals surface area contributed by atoms with Crippen LogP contribution in [0.15, 0.2) is 24.3 Å². The van der Waals surface area contributed by atoms with Gasteiger partial charge in [-0.2, -0.15) is 0 Å². The van der Waals surface area contributed by atoms with Crippen molar-refractivity contribution in [1.82, 2.24) is 0 Å². The lowest BCUT2D eigenvalue weighted by Crippen LogP contribution is -2.52. The predicted molar refractivity (Wildman–Crippen MR) is 47.1 cm³/mol. The van der Waals surface area contributed by atoms with Crippen molar-refractivity contribution >= 4 is 11.9 Å². The molecule has 0 saturated heterocycles. The first-order chi connectivity index (χ1) is 6.59. The molecule has 1 aliphatic carbocycles. The number of hydrogen-bond acceptors (Lipinski definition) is 2. The Bertz CT molecular complexity index is 408. The monoisotopic (exact) mass is 192 g/mol. The molecule has 0 aromatic heterocycles. The third-order valence-corrected chi connectivity index (χ3v) is 2.66. The normalized spacial score (nSPS) is 16.6. The Labute approximate surface area is 79.8 Å². The van der Waals surface area contributed by atoms with Gasteiger partial charge >= 0.3 is 11.9 Å². The maximum Gasteiger partial charge on any atom is 0.325 e. The van der Waals surface area contributed by atoms with E-state index in [2.05, 4.69) is 0 Å². The van der Waals surface area contributed by atoms with Crippen molar-refractivity contribution in [3.8, 4) is 0 Å². The molecule has 0 fully saturated rings. The molecule has 0 bridgehead atoms. The van der Waals surface area contributed by atoms with Crippen LogP contribution < -0.4 is 0 Å². The van der Waals surface area contributed by atoms with E-state index in [9.17, 15) is 9.59 Å². The standard InChI is InChI=1S/C10H8O4/c11-8(12)10(9(13)14)5-6-3-1-2-4-7(6)10/h1-4H,5H2,(H,11,12)(H,13,14). The molecule has 0 unspecified atom stereocenters. The Kier molecular flexibility index (Phi) is 1.61. The Morgan fingerprint density at radius 2 is 1.71 bits per heavy atom. The minimum absolute atomic E-state index is 0.0772. The van der Waals surface area contributed by atoms with Gasteiger partial charge in [-0.3, -0.25) is 9.59 Å². The fourth-order valence-electron chi connectivity index (χ4n) is 1.84. The van der Waals surface area contributed by atoms with Crippen LogP contribution in [0.4, 0.5) is 0 Å². The second kappa shape index (κ2) is 2.57. The van der Waals surface area contributed by atoms with Gasteiger partial charge in [-0.25, -0.2) is 0 Å². The zero-order valence-electron chi connectivity index (χ0n) is 7.23.